The summed E-state index contributed by atoms with van der Waals surface area (Å²) in [6, 6.07) is 17.4. The second-order valence-electron chi connectivity index (χ2n) is 8.03. The highest BCUT2D eigenvalue weighted by Crippen LogP contribution is 2.32. The van der Waals surface area contributed by atoms with Gasteiger partial charge in [0.05, 0.1) is 23.0 Å². The lowest BCUT2D eigenvalue weighted by molar-refractivity contribution is 0.0908. The van der Waals surface area contributed by atoms with E-state index in [9.17, 15) is 4.79 Å². The summed E-state index contributed by atoms with van der Waals surface area (Å²) >= 11 is 18.6. The van der Waals surface area contributed by atoms with Crippen molar-refractivity contribution in [3.05, 3.63) is 105 Å². The van der Waals surface area contributed by atoms with Crippen LogP contribution in [0.25, 0.3) is 22.2 Å². The van der Waals surface area contributed by atoms with Gasteiger partial charge in [0, 0.05) is 46.4 Å². The molecular weight excluding hydrogens is 507 g/mol. The van der Waals surface area contributed by atoms with E-state index in [0.29, 0.717) is 32.9 Å². The number of aromatic nitrogens is 3. The van der Waals surface area contributed by atoms with Crippen LogP contribution in [-0.4, -0.2) is 20.4 Å². The molecule has 6 nitrogen and oxygen atoms in total. The van der Waals surface area contributed by atoms with Crippen LogP contribution in [0.15, 0.2) is 77.5 Å². The third kappa shape index (κ3) is 4.91. The van der Waals surface area contributed by atoms with E-state index in [1.54, 1.807) is 48.8 Å². The molecule has 0 saturated heterocycles. The van der Waals surface area contributed by atoms with Crippen LogP contribution in [0.5, 0.6) is 0 Å². The van der Waals surface area contributed by atoms with Crippen molar-refractivity contribution < 1.29 is 9.21 Å². The van der Waals surface area contributed by atoms with E-state index in [2.05, 4.69) is 15.3 Å². The largest absolute Gasteiger partial charge is 0.451 e. The smallest absolute Gasteiger partial charge is 0.287 e. The summed E-state index contributed by atoms with van der Waals surface area (Å²) in [7, 11) is 1.88. The number of pyridine rings is 1. The van der Waals surface area contributed by atoms with Crippen molar-refractivity contribution in [3.63, 3.8) is 0 Å². The maximum absolute atomic E-state index is 13.2. The Bertz CT molecular complexity index is 1530. The molecule has 176 valence electrons. The fraction of sp³-hybridized carbons (Fsp3) is 0.115. The van der Waals surface area contributed by atoms with Crippen LogP contribution in [0, 0.1) is 0 Å². The first-order valence-corrected chi connectivity index (χ1v) is 11.9. The van der Waals surface area contributed by atoms with E-state index >= 15 is 0 Å². The predicted molar refractivity (Wildman–Crippen MR) is 138 cm³/mol. The Morgan fingerprint density at radius 2 is 1.83 bits per heavy atom. The molecule has 3 heterocycles. The first-order valence-electron chi connectivity index (χ1n) is 10.8. The molecule has 3 aromatic heterocycles. The Labute approximate surface area is 216 Å². The molecule has 0 saturated carbocycles. The van der Waals surface area contributed by atoms with E-state index in [4.69, 9.17) is 39.2 Å². The number of hydrogen-bond acceptors (Lipinski definition) is 4. The van der Waals surface area contributed by atoms with Crippen molar-refractivity contribution in [2.24, 2.45) is 7.05 Å². The number of imidazole rings is 1. The molecule has 0 spiro atoms. The van der Waals surface area contributed by atoms with Crippen LogP contribution >= 0.6 is 34.8 Å². The summed E-state index contributed by atoms with van der Waals surface area (Å²) in [5, 5.41) is 5.44. The van der Waals surface area contributed by atoms with Crippen molar-refractivity contribution in [2.75, 3.05) is 0 Å². The monoisotopic (exact) mass is 524 g/mol. The fourth-order valence-corrected chi connectivity index (χ4v) is 4.67. The molecule has 0 radical (unpaired) electrons. The van der Waals surface area contributed by atoms with E-state index in [-0.39, 0.29) is 11.7 Å². The minimum Gasteiger partial charge on any atom is -0.451 e. The van der Waals surface area contributed by atoms with E-state index in [1.165, 1.54) is 0 Å². The number of halogens is 3. The molecule has 0 bridgehead atoms. The molecule has 5 aromatic rings. The molecule has 0 aliphatic heterocycles. The number of amides is 1. The molecule has 1 amide bonds. The molecule has 0 aliphatic carbocycles. The Balaban J connectivity index is 1.50. The van der Waals surface area contributed by atoms with Gasteiger partial charge in [0.2, 0.25) is 0 Å². The Kier molecular flexibility index (Phi) is 6.52. The minimum atomic E-state index is -0.487. The van der Waals surface area contributed by atoms with Crippen LogP contribution in [0.1, 0.15) is 28.1 Å². The van der Waals surface area contributed by atoms with Crippen LogP contribution < -0.4 is 5.32 Å². The standard InChI is InChI=1S/C26H19Cl3N4O2/c1-33-22(19-7-5-17(28)12-20(19)29)14-31-25(33)21(13-18-4-2-3-9-30-18)32-26(34)24-11-15-10-16(27)6-8-23(15)35-24/h2-12,14,21H,13H2,1H3,(H,32,34). The van der Waals surface area contributed by atoms with Gasteiger partial charge in [-0.15, -0.1) is 0 Å². The Morgan fingerprint density at radius 1 is 1.03 bits per heavy atom. The average Bonchev–Trinajstić information content (AvgIpc) is 3.43. The normalized spacial score (nSPS) is 12.1. The molecule has 35 heavy (non-hydrogen) atoms. The van der Waals surface area contributed by atoms with Crippen molar-refractivity contribution in [1.82, 2.24) is 19.9 Å². The van der Waals surface area contributed by atoms with Crippen molar-refractivity contribution >= 4 is 51.7 Å². The zero-order chi connectivity index (χ0) is 24.5. The van der Waals surface area contributed by atoms with E-state index in [1.807, 2.05) is 35.9 Å². The van der Waals surface area contributed by atoms with Crippen molar-refractivity contribution in [3.8, 4) is 11.3 Å². The van der Waals surface area contributed by atoms with Gasteiger partial charge in [0.15, 0.2) is 5.76 Å². The highest BCUT2D eigenvalue weighted by atomic mass is 35.5. The maximum Gasteiger partial charge on any atom is 0.287 e. The number of fused-ring (bicyclic) bond motifs is 1. The van der Waals surface area contributed by atoms with E-state index < -0.39 is 6.04 Å². The number of benzene rings is 2. The van der Waals surface area contributed by atoms with Gasteiger partial charge in [0.25, 0.3) is 5.91 Å². The Morgan fingerprint density at radius 3 is 2.60 bits per heavy atom. The van der Waals surface area contributed by atoms with Crippen molar-refractivity contribution in [1.29, 1.82) is 0 Å². The highest BCUT2D eigenvalue weighted by Gasteiger charge is 2.24. The van der Waals surface area contributed by atoms with Gasteiger partial charge in [-0.1, -0.05) is 40.9 Å². The maximum atomic E-state index is 13.2. The van der Waals surface area contributed by atoms with Gasteiger partial charge in [-0.25, -0.2) is 4.98 Å². The van der Waals surface area contributed by atoms with Gasteiger partial charge < -0.3 is 14.3 Å². The summed E-state index contributed by atoms with van der Waals surface area (Å²) in [4.78, 5) is 22.3. The molecular formula is C26H19Cl3N4O2. The fourth-order valence-electron chi connectivity index (χ4n) is 3.99. The third-order valence-electron chi connectivity index (χ3n) is 5.69. The average molecular weight is 526 g/mol. The van der Waals surface area contributed by atoms with Crippen LogP contribution in [0.4, 0.5) is 0 Å². The summed E-state index contributed by atoms with van der Waals surface area (Å²) < 4.78 is 7.66. The molecule has 1 N–H and O–H groups in total. The highest BCUT2D eigenvalue weighted by molar-refractivity contribution is 6.36. The number of nitrogens with zero attached hydrogens (tertiary/aromatic N) is 3. The molecule has 5 rings (SSSR count). The third-order valence-corrected chi connectivity index (χ3v) is 6.47. The first-order chi connectivity index (χ1) is 16.9. The summed E-state index contributed by atoms with van der Waals surface area (Å²) in [6.07, 6.45) is 3.87. The predicted octanol–water partition coefficient (Wildman–Crippen LogP) is 6.90. The quantitative estimate of drug-likeness (QED) is 0.262. The topological polar surface area (TPSA) is 73.0 Å². The zero-order valence-corrected chi connectivity index (χ0v) is 20.8. The van der Waals surface area contributed by atoms with Gasteiger partial charge >= 0.3 is 0 Å². The molecule has 0 fully saturated rings. The summed E-state index contributed by atoms with van der Waals surface area (Å²) in [5.74, 6) is 0.458. The van der Waals surface area contributed by atoms with Gasteiger partial charge in [-0.05, 0) is 54.6 Å². The number of furan rings is 1. The summed E-state index contributed by atoms with van der Waals surface area (Å²) in [5.41, 5.74) is 2.97. The van der Waals surface area contributed by atoms with Crippen LogP contribution in [0.2, 0.25) is 15.1 Å². The number of nitrogens with one attached hydrogen (secondary N) is 1. The second-order valence-corrected chi connectivity index (χ2v) is 9.31. The van der Waals surface area contributed by atoms with Gasteiger partial charge in [-0.2, -0.15) is 0 Å². The number of carbonyl (C=O) groups excluding carboxylic acids is 1. The molecule has 2 aromatic carbocycles. The van der Waals surface area contributed by atoms with Gasteiger partial charge in [-0.3, -0.25) is 9.78 Å². The van der Waals surface area contributed by atoms with Crippen LogP contribution in [-0.2, 0) is 13.5 Å². The number of hydrogen-bond donors (Lipinski definition) is 1. The lowest BCUT2D eigenvalue weighted by Crippen LogP contribution is -2.31. The zero-order valence-electron chi connectivity index (χ0n) is 18.5. The molecule has 9 heteroatoms. The van der Waals surface area contributed by atoms with Crippen LogP contribution in [0.3, 0.4) is 0 Å². The Hall–Kier alpha value is -3.32. The lowest BCUT2D eigenvalue weighted by Gasteiger charge is -2.19. The van der Waals surface area contributed by atoms with Crippen molar-refractivity contribution in [2.45, 2.75) is 12.5 Å². The summed E-state index contributed by atoms with van der Waals surface area (Å²) in [6.45, 7) is 0. The molecule has 1 unspecified atom stereocenters. The molecule has 1 atom stereocenters. The minimum absolute atomic E-state index is 0.184. The SMILES string of the molecule is Cn1c(-c2ccc(Cl)cc2Cl)cnc1C(Cc1ccccn1)NC(=O)c1cc2cc(Cl)ccc2o1. The number of carbonyl (C=O) groups is 1. The first kappa shape index (κ1) is 23.4. The van der Waals surface area contributed by atoms with Gasteiger partial charge in [0.1, 0.15) is 11.4 Å². The lowest BCUT2D eigenvalue weighted by atomic mass is 10.1. The number of rotatable bonds is 6. The van der Waals surface area contributed by atoms with E-state index in [0.717, 1.165) is 22.3 Å². The second kappa shape index (κ2) is 9.74. The molecule has 0 aliphatic rings.